The van der Waals surface area contributed by atoms with Gasteiger partial charge in [-0.05, 0) is 22.6 Å². The van der Waals surface area contributed by atoms with Crippen LogP contribution in [0.1, 0.15) is 15.9 Å². The fraction of sp³-hybridized carbons (Fsp3) is 0.250. The highest BCUT2D eigenvalue weighted by molar-refractivity contribution is 14.1. The molecule has 100 valence electrons. The maximum Gasteiger partial charge on any atom is 0.574 e. The van der Waals surface area contributed by atoms with Crippen molar-refractivity contribution in [3.63, 3.8) is 0 Å². The van der Waals surface area contributed by atoms with Gasteiger partial charge in [-0.3, -0.25) is 4.79 Å². The van der Waals surface area contributed by atoms with E-state index in [4.69, 9.17) is 0 Å². The standard InChI is InChI=1S/C8H2F6INO2/c9-7(10,11)4-1-16-6(18-8(12,13)14)3(2-17)5(4)15/h1-2H. The monoisotopic (exact) mass is 385 g/mol. The van der Waals surface area contributed by atoms with Crippen molar-refractivity contribution in [1.29, 1.82) is 0 Å². The Morgan fingerprint density at radius 1 is 1.22 bits per heavy atom. The van der Waals surface area contributed by atoms with Gasteiger partial charge in [-0.2, -0.15) is 13.2 Å². The van der Waals surface area contributed by atoms with Crippen LogP contribution in [0, 0.1) is 3.57 Å². The maximum absolute atomic E-state index is 12.4. The smallest absolute Gasteiger partial charge is 0.387 e. The predicted octanol–water partition coefficient (Wildman–Crippen LogP) is 3.42. The Labute approximate surface area is 109 Å². The third kappa shape index (κ3) is 3.46. The number of halogens is 7. The molecule has 0 amide bonds. The summed E-state index contributed by atoms with van der Waals surface area (Å²) < 4.78 is 75.6. The van der Waals surface area contributed by atoms with Gasteiger partial charge in [0.15, 0.2) is 6.29 Å². The number of carbonyl (C=O) groups excluding carboxylic acids is 1. The summed E-state index contributed by atoms with van der Waals surface area (Å²) in [4.78, 5) is 13.4. The van der Waals surface area contributed by atoms with Crippen LogP contribution in [-0.4, -0.2) is 17.6 Å². The number of carbonyl (C=O) groups is 1. The second kappa shape index (κ2) is 4.90. The molecule has 0 atom stereocenters. The molecule has 0 unspecified atom stereocenters. The molecule has 1 heterocycles. The molecule has 1 aromatic heterocycles. The van der Waals surface area contributed by atoms with E-state index in [1.165, 1.54) is 0 Å². The Bertz CT molecular complexity index is 470. The molecule has 0 bridgehead atoms. The number of hydrogen-bond acceptors (Lipinski definition) is 3. The van der Waals surface area contributed by atoms with Gasteiger partial charge in [0.2, 0.25) is 5.88 Å². The zero-order valence-electron chi connectivity index (χ0n) is 8.06. The number of pyridine rings is 1. The molecule has 0 aliphatic rings. The minimum atomic E-state index is -5.15. The molecule has 0 aliphatic heterocycles. The fourth-order valence-electron chi connectivity index (χ4n) is 0.979. The quantitative estimate of drug-likeness (QED) is 0.445. The molecule has 0 spiro atoms. The average molecular weight is 385 g/mol. The predicted molar refractivity (Wildman–Crippen MR) is 54.0 cm³/mol. The molecule has 0 aromatic carbocycles. The third-order valence-electron chi connectivity index (χ3n) is 1.65. The average Bonchev–Trinajstić information content (AvgIpc) is 2.13. The lowest BCUT2D eigenvalue weighted by Crippen LogP contribution is -2.20. The van der Waals surface area contributed by atoms with Gasteiger partial charge in [-0.15, -0.1) is 13.2 Å². The van der Waals surface area contributed by atoms with Gasteiger partial charge < -0.3 is 4.74 Å². The fourth-order valence-corrected chi connectivity index (χ4v) is 1.78. The molecule has 0 saturated carbocycles. The molecule has 3 nitrogen and oxygen atoms in total. The summed E-state index contributed by atoms with van der Waals surface area (Å²) in [7, 11) is 0. The maximum atomic E-state index is 12.4. The van der Waals surface area contributed by atoms with Crippen LogP contribution >= 0.6 is 22.6 Å². The second-order valence-corrected chi connectivity index (χ2v) is 3.95. The summed E-state index contributed by atoms with van der Waals surface area (Å²) in [5.74, 6) is -1.21. The van der Waals surface area contributed by atoms with Crippen LogP contribution in [0.25, 0.3) is 0 Å². The van der Waals surface area contributed by atoms with E-state index in [-0.39, 0.29) is 12.5 Å². The van der Waals surface area contributed by atoms with Gasteiger partial charge in [0.05, 0.1) is 11.1 Å². The number of aldehydes is 1. The molecular formula is C8H2F6INO2. The Balaban J connectivity index is 3.34. The van der Waals surface area contributed by atoms with E-state index in [2.05, 4.69) is 9.72 Å². The lowest BCUT2D eigenvalue weighted by atomic mass is 10.2. The van der Waals surface area contributed by atoms with Crippen molar-refractivity contribution < 1.29 is 35.9 Å². The molecule has 0 fully saturated rings. The van der Waals surface area contributed by atoms with Crippen molar-refractivity contribution in [1.82, 2.24) is 4.98 Å². The minimum Gasteiger partial charge on any atom is -0.387 e. The van der Waals surface area contributed by atoms with Crippen LogP contribution < -0.4 is 4.74 Å². The topological polar surface area (TPSA) is 39.2 Å². The summed E-state index contributed by atoms with van der Waals surface area (Å²) in [6.45, 7) is 0. The Morgan fingerprint density at radius 2 is 1.78 bits per heavy atom. The van der Waals surface area contributed by atoms with Gasteiger partial charge in [-0.25, -0.2) is 4.98 Å². The summed E-state index contributed by atoms with van der Waals surface area (Å²) in [6.07, 6.45) is -9.97. The number of hydrogen-bond donors (Lipinski definition) is 0. The normalized spacial score (nSPS) is 12.4. The molecule has 0 radical (unpaired) electrons. The Kier molecular flexibility index (Phi) is 4.08. The largest absolute Gasteiger partial charge is 0.574 e. The second-order valence-electron chi connectivity index (χ2n) is 2.87. The van der Waals surface area contributed by atoms with Gasteiger partial charge in [0.25, 0.3) is 0 Å². The van der Waals surface area contributed by atoms with E-state index in [1.807, 2.05) is 0 Å². The lowest BCUT2D eigenvalue weighted by Gasteiger charge is -2.14. The Morgan fingerprint density at radius 3 is 2.17 bits per heavy atom. The van der Waals surface area contributed by atoms with Crippen LogP contribution in [-0.2, 0) is 6.18 Å². The van der Waals surface area contributed by atoms with Crippen LogP contribution in [0.2, 0.25) is 0 Å². The van der Waals surface area contributed by atoms with Crippen LogP contribution in [0.4, 0.5) is 26.3 Å². The Hall–Kier alpha value is -1.07. The highest BCUT2D eigenvalue weighted by Crippen LogP contribution is 2.36. The first-order chi connectivity index (χ1) is 8.06. The van der Waals surface area contributed by atoms with E-state index in [9.17, 15) is 31.1 Å². The van der Waals surface area contributed by atoms with Gasteiger partial charge in [0, 0.05) is 9.77 Å². The van der Waals surface area contributed by atoms with E-state index < -0.39 is 33.1 Å². The SMILES string of the molecule is O=Cc1c(OC(F)(F)F)ncc(C(F)(F)F)c1I. The van der Waals surface area contributed by atoms with Crippen molar-refractivity contribution in [2.24, 2.45) is 0 Å². The zero-order chi connectivity index (χ0) is 14.1. The highest BCUT2D eigenvalue weighted by Gasteiger charge is 2.38. The van der Waals surface area contributed by atoms with Crippen molar-refractivity contribution in [2.75, 3.05) is 0 Å². The number of aromatic nitrogens is 1. The lowest BCUT2D eigenvalue weighted by molar-refractivity contribution is -0.276. The summed E-state index contributed by atoms with van der Waals surface area (Å²) in [5.41, 5.74) is -2.21. The molecule has 0 saturated heterocycles. The molecular weight excluding hydrogens is 383 g/mol. The summed E-state index contributed by atoms with van der Waals surface area (Å²) in [6, 6.07) is 0. The van der Waals surface area contributed by atoms with Crippen LogP contribution in [0.5, 0.6) is 5.88 Å². The molecule has 10 heteroatoms. The van der Waals surface area contributed by atoms with Crippen molar-refractivity contribution >= 4 is 28.9 Å². The molecule has 1 aromatic rings. The van der Waals surface area contributed by atoms with E-state index in [0.717, 1.165) is 22.6 Å². The van der Waals surface area contributed by atoms with Gasteiger partial charge in [0.1, 0.15) is 0 Å². The number of nitrogens with zero attached hydrogens (tertiary/aromatic N) is 1. The van der Waals surface area contributed by atoms with Gasteiger partial charge in [-0.1, -0.05) is 0 Å². The molecule has 1 rings (SSSR count). The molecule has 0 aliphatic carbocycles. The summed E-state index contributed by atoms with van der Waals surface area (Å²) >= 11 is 1.10. The zero-order valence-corrected chi connectivity index (χ0v) is 10.2. The minimum absolute atomic E-state index is 0.176. The van der Waals surface area contributed by atoms with E-state index >= 15 is 0 Å². The third-order valence-corrected chi connectivity index (χ3v) is 2.81. The first-order valence-electron chi connectivity index (χ1n) is 4.03. The van der Waals surface area contributed by atoms with Crippen molar-refractivity contribution in [2.45, 2.75) is 12.5 Å². The van der Waals surface area contributed by atoms with E-state index in [1.54, 1.807) is 0 Å². The number of rotatable bonds is 2. The molecule has 18 heavy (non-hydrogen) atoms. The van der Waals surface area contributed by atoms with Crippen molar-refractivity contribution in [3.05, 3.63) is 20.9 Å². The molecule has 0 N–H and O–H groups in total. The van der Waals surface area contributed by atoms with Gasteiger partial charge >= 0.3 is 12.5 Å². The van der Waals surface area contributed by atoms with Crippen molar-refractivity contribution in [3.8, 4) is 5.88 Å². The highest BCUT2D eigenvalue weighted by atomic mass is 127. The summed E-state index contributed by atoms with van der Waals surface area (Å²) in [5, 5.41) is 0. The number of alkyl halides is 6. The van der Waals surface area contributed by atoms with E-state index in [0.29, 0.717) is 0 Å². The first-order valence-corrected chi connectivity index (χ1v) is 5.10. The first kappa shape index (κ1) is 15.0. The van der Waals surface area contributed by atoms with Crippen LogP contribution in [0.15, 0.2) is 6.20 Å². The number of ether oxygens (including phenoxy) is 1. The van der Waals surface area contributed by atoms with Crippen LogP contribution in [0.3, 0.4) is 0 Å².